The van der Waals surface area contributed by atoms with Crippen LogP contribution in [-0.4, -0.2) is 5.75 Å². The van der Waals surface area contributed by atoms with Crippen molar-refractivity contribution in [2.45, 2.75) is 44.3 Å². The summed E-state index contributed by atoms with van der Waals surface area (Å²) in [6.45, 7) is 2.27. The maximum absolute atomic E-state index is 2.36. The normalized spacial score (nSPS) is 21.6. The van der Waals surface area contributed by atoms with E-state index in [9.17, 15) is 0 Å². The molecule has 1 saturated heterocycles. The summed E-state index contributed by atoms with van der Waals surface area (Å²) >= 11 is 4.19. The van der Waals surface area contributed by atoms with Gasteiger partial charge in [-0.15, -0.1) is 11.3 Å². The first-order valence-electron chi connectivity index (χ1n) is 5.60. The second-order valence-electron chi connectivity index (χ2n) is 3.91. The van der Waals surface area contributed by atoms with Gasteiger partial charge < -0.3 is 0 Å². The summed E-state index contributed by atoms with van der Waals surface area (Å²) in [5.41, 5.74) is 0. The second-order valence-corrected chi connectivity index (χ2v) is 6.42. The summed E-state index contributed by atoms with van der Waals surface area (Å²) in [5.74, 6) is 1.37. The van der Waals surface area contributed by atoms with Crippen LogP contribution in [-0.2, 0) is 6.42 Å². The molecule has 0 radical (unpaired) electrons. The largest absolute Gasteiger partial charge is 0.153 e. The first-order chi connectivity index (χ1) is 6.90. The van der Waals surface area contributed by atoms with Gasteiger partial charge in [0.2, 0.25) is 0 Å². The van der Waals surface area contributed by atoms with Crippen molar-refractivity contribution in [3.05, 3.63) is 21.9 Å². The maximum Gasteiger partial charge on any atom is 0.0391 e. The number of thioether (sulfide) groups is 1. The average Bonchev–Trinajstić information content (AvgIpc) is 2.85. The quantitative estimate of drug-likeness (QED) is 0.719. The van der Waals surface area contributed by atoms with Gasteiger partial charge in [-0.25, -0.2) is 0 Å². The molecule has 78 valence electrons. The summed E-state index contributed by atoms with van der Waals surface area (Å²) in [6, 6.07) is 4.70. The molecular formula is C12H18S2. The lowest BCUT2D eigenvalue weighted by molar-refractivity contribution is 0.804. The topological polar surface area (TPSA) is 0 Å². The van der Waals surface area contributed by atoms with Gasteiger partial charge in [0.25, 0.3) is 0 Å². The van der Waals surface area contributed by atoms with Crippen LogP contribution in [0.15, 0.2) is 12.1 Å². The molecule has 0 nitrogen and oxygen atoms in total. The van der Waals surface area contributed by atoms with Crippen LogP contribution in [0.25, 0.3) is 0 Å². The Morgan fingerprint density at radius 1 is 1.43 bits per heavy atom. The highest BCUT2D eigenvalue weighted by Crippen LogP contribution is 2.42. The van der Waals surface area contributed by atoms with Crippen LogP contribution < -0.4 is 0 Å². The highest BCUT2D eigenvalue weighted by atomic mass is 32.2. The van der Waals surface area contributed by atoms with Gasteiger partial charge in [-0.2, -0.15) is 11.8 Å². The zero-order chi connectivity index (χ0) is 9.80. The summed E-state index contributed by atoms with van der Waals surface area (Å²) in [4.78, 5) is 3.22. The molecule has 1 aromatic rings. The Balaban J connectivity index is 1.94. The van der Waals surface area contributed by atoms with E-state index in [1.807, 2.05) is 11.3 Å². The molecule has 0 aliphatic carbocycles. The van der Waals surface area contributed by atoms with Crippen LogP contribution in [0.1, 0.15) is 47.6 Å². The van der Waals surface area contributed by atoms with Crippen LogP contribution in [0.2, 0.25) is 0 Å². The first kappa shape index (κ1) is 10.6. The molecule has 0 aromatic carbocycles. The minimum absolute atomic E-state index is 0.829. The molecule has 1 aliphatic heterocycles. The van der Waals surface area contributed by atoms with E-state index in [1.165, 1.54) is 37.9 Å². The molecular weight excluding hydrogens is 208 g/mol. The van der Waals surface area contributed by atoms with Crippen molar-refractivity contribution in [1.29, 1.82) is 0 Å². The van der Waals surface area contributed by atoms with E-state index in [2.05, 4.69) is 30.8 Å². The van der Waals surface area contributed by atoms with E-state index in [0.717, 1.165) is 5.25 Å². The summed E-state index contributed by atoms with van der Waals surface area (Å²) < 4.78 is 0. The monoisotopic (exact) mass is 226 g/mol. The fourth-order valence-corrected chi connectivity index (χ4v) is 4.47. The second kappa shape index (κ2) is 5.22. The van der Waals surface area contributed by atoms with E-state index in [0.29, 0.717) is 0 Å². The molecule has 0 spiro atoms. The van der Waals surface area contributed by atoms with Gasteiger partial charge in [0.15, 0.2) is 0 Å². The first-order valence-corrected chi connectivity index (χ1v) is 7.47. The molecule has 0 saturated carbocycles. The predicted molar refractivity (Wildman–Crippen MR) is 67.4 cm³/mol. The van der Waals surface area contributed by atoms with Crippen molar-refractivity contribution >= 4 is 23.1 Å². The average molecular weight is 226 g/mol. The van der Waals surface area contributed by atoms with Crippen LogP contribution in [0.3, 0.4) is 0 Å². The predicted octanol–water partition coefficient (Wildman–Crippen LogP) is 4.66. The molecule has 0 bridgehead atoms. The fourth-order valence-electron chi connectivity index (χ4n) is 1.85. The lowest BCUT2D eigenvalue weighted by atomic mass is 10.2. The zero-order valence-corrected chi connectivity index (χ0v) is 10.4. The number of hydrogen-bond donors (Lipinski definition) is 0. The maximum atomic E-state index is 2.36. The van der Waals surface area contributed by atoms with Crippen molar-refractivity contribution < 1.29 is 0 Å². The molecule has 0 N–H and O–H groups in total. The zero-order valence-electron chi connectivity index (χ0n) is 8.79. The smallest absolute Gasteiger partial charge is 0.0391 e. The molecule has 2 rings (SSSR count). The van der Waals surface area contributed by atoms with E-state index in [1.54, 1.807) is 9.75 Å². The van der Waals surface area contributed by atoms with Crippen molar-refractivity contribution in [3.8, 4) is 0 Å². The standard InChI is InChI=1S/C12H18S2/c1-2-3-5-10-7-8-12(14-10)11-6-4-9-13-11/h7-8,11H,2-6,9H2,1H3. The van der Waals surface area contributed by atoms with Crippen molar-refractivity contribution in [2.75, 3.05) is 5.75 Å². The minimum atomic E-state index is 0.829. The molecule has 0 amide bonds. The molecule has 2 heterocycles. The van der Waals surface area contributed by atoms with Crippen LogP contribution in [0.5, 0.6) is 0 Å². The lowest BCUT2D eigenvalue weighted by Crippen LogP contribution is -1.81. The SMILES string of the molecule is CCCCc1ccc(C2CCCS2)s1. The Morgan fingerprint density at radius 3 is 3.07 bits per heavy atom. The number of hydrogen-bond acceptors (Lipinski definition) is 2. The third kappa shape index (κ3) is 2.54. The van der Waals surface area contributed by atoms with Gasteiger partial charge in [-0.1, -0.05) is 13.3 Å². The van der Waals surface area contributed by atoms with E-state index in [4.69, 9.17) is 0 Å². The van der Waals surface area contributed by atoms with Gasteiger partial charge >= 0.3 is 0 Å². The van der Waals surface area contributed by atoms with Crippen molar-refractivity contribution in [2.24, 2.45) is 0 Å². The van der Waals surface area contributed by atoms with Crippen molar-refractivity contribution in [1.82, 2.24) is 0 Å². The molecule has 1 fully saturated rings. The number of rotatable bonds is 4. The van der Waals surface area contributed by atoms with Gasteiger partial charge in [0.1, 0.15) is 0 Å². The molecule has 1 aliphatic rings. The minimum Gasteiger partial charge on any atom is -0.153 e. The third-order valence-electron chi connectivity index (χ3n) is 2.71. The molecule has 14 heavy (non-hydrogen) atoms. The van der Waals surface area contributed by atoms with E-state index in [-0.39, 0.29) is 0 Å². The lowest BCUT2D eigenvalue weighted by Gasteiger charge is -2.03. The Morgan fingerprint density at radius 2 is 2.36 bits per heavy atom. The number of aryl methyl sites for hydroxylation is 1. The van der Waals surface area contributed by atoms with Gasteiger partial charge in [-0.05, 0) is 43.6 Å². The molecule has 2 heteroatoms. The van der Waals surface area contributed by atoms with Crippen LogP contribution in [0.4, 0.5) is 0 Å². The molecule has 1 aromatic heterocycles. The van der Waals surface area contributed by atoms with E-state index < -0.39 is 0 Å². The molecule has 1 atom stereocenters. The number of unbranched alkanes of at least 4 members (excludes halogenated alkanes) is 1. The van der Waals surface area contributed by atoms with E-state index >= 15 is 0 Å². The number of thiophene rings is 1. The molecule has 1 unspecified atom stereocenters. The highest BCUT2D eigenvalue weighted by Gasteiger charge is 2.18. The van der Waals surface area contributed by atoms with Crippen LogP contribution in [0, 0.1) is 0 Å². The van der Waals surface area contributed by atoms with Gasteiger partial charge in [0, 0.05) is 15.0 Å². The Kier molecular flexibility index (Phi) is 3.94. The summed E-state index contributed by atoms with van der Waals surface area (Å²) in [6.07, 6.45) is 6.76. The summed E-state index contributed by atoms with van der Waals surface area (Å²) in [7, 11) is 0. The van der Waals surface area contributed by atoms with Crippen molar-refractivity contribution in [3.63, 3.8) is 0 Å². The Bertz CT molecular complexity index is 272. The Hall–Kier alpha value is 0.0500. The highest BCUT2D eigenvalue weighted by molar-refractivity contribution is 7.99. The third-order valence-corrected chi connectivity index (χ3v) is 5.53. The van der Waals surface area contributed by atoms with Crippen LogP contribution >= 0.6 is 23.1 Å². The summed E-state index contributed by atoms with van der Waals surface area (Å²) in [5, 5.41) is 0.829. The fraction of sp³-hybridized carbons (Fsp3) is 0.667. The Labute approximate surface area is 95.1 Å². The van der Waals surface area contributed by atoms with Gasteiger partial charge in [-0.3, -0.25) is 0 Å². The van der Waals surface area contributed by atoms with Gasteiger partial charge in [0.05, 0.1) is 0 Å².